The summed E-state index contributed by atoms with van der Waals surface area (Å²) in [6.45, 7) is 8.03. The second kappa shape index (κ2) is 5.87. The van der Waals surface area contributed by atoms with Gasteiger partial charge in [0, 0.05) is 23.6 Å². The fraction of sp³-hybridized carbons (Fsp3) is 0.533. The van der Waals surface area contributed by atoms with Crippen molar-refractivity contribution in [3.63, 3.8) is 0 Å². The molecule has 1 aromatic rings. The Bertz CT molecular complexity index is 465. The van der Waals surface area contributed by atoms with Crippen molar-refractivity contribution in [2.24, 2.45) is 0 Å². The van der Waals surface area contributed by atoms with E-state index in [9.17, 15) is 4.79 Å². The van der Waals surface area contributed by atoms with Crippen LogP contribution in [0.1, 0.15) is 31.1 Å². The van der Waals surface area contributed by atoms with E-state index in [1.165, 1.54) is 0 Å². The average Bonchev–Trinajstić information content (AvgIpc) is 2.36. The van der Waals surface area contributed by atoms with Crippen LogP contribution in [0.25, 0.3) is 0 Å². The highest BCUT2D eigenvalue weighted by atomic mass is 32.2. The number of ether oxygens (including phenoxy) is 1. The predicted octanol–water partition coefficient (Wildman–Crippen LogP) is 3.23. The average molecular weight is 279 g/mol. The molecule has 1 heterocycles. The molecular formula is C15H21NO2S. The van der Waals surface area contributed by atoms with Crippen LogP contribution in [0.4, 0.5) is 5.69 Å². The molecule has 3 nitrogen and oxygen atoms in total. The summed E-state index contributed by atoms with van der Waals surface area (Å²) in [6.07, 6.45) is 0. The predicted molar refractivity (Wildman–Crippen MR) is 81.7 cm³/mol. The minimum absolute atomic E-state index is 0.0611. The van der Waals surface area contributed by atoms with Crippen LogP contribution in [-0.4, -0.2) is 36.5 Å². The monoisotopic (exact) mass is 279 g/mol. The van der Waals surface area contributed by atoms with Gasteiger partial charge in [-0.15, -0.1) is 0 Å². The summed E-state index contributed by atoms with van der Waals surface area (Å²) in [5.74, 6) is 0.731. The number of carbonyl (C=O) groups is 1. The second-order valence-corrected chi connectivity index (χ2v) is 6.95. The Morgan fingerprint density at radius 2 is 1.95 bits per heavy atom. The third-order valence-electron chi connectivity index (χ3n) is 3.34. The van der Waals surface area contributed by atoms with Crippen LogP contribution in [0.5, 0.6) is 5.75 Å². The molecule has 19 heavy (non-hydrogen) atoms. The Morgan fingerprint density at radius 1 is 1.32 bits per heavy atom. The first kappa shape index (κ1) is 14.3. The molecule has 2 atom stereocenters. The first-order chi connectivity index (χ1) is 9.02. The number of carbonyl (C=O) groups excluding carboxylic acids is 1. The number of nitrogens with zero attached hydrogens (tertiary/aromatic N) is 1. The number of ketones is 1. The van der Waals surface area contributed by atoms with Crippen molar-refractivity contribution in [1.82, 2.24) is 0 Å². The van der Waals surface area contributed by atoms with E-state index in [4.69, 9.17) is 4.74 Å². The lowest BCUT2D eigenvalue weighted by Gasteiger charge is -2.37. The molecule has 4 heteroatoms. The number of hydrogen-bond acceptors (Lipinski definition) is 4. The molecule has 0 amide bonds. The zero-order valence-corrected chi connectivity index (χ0v) is 12.8. The molecule has 1 aliphatic rings. The van der Waals surface area contributed by atoms with Crippen LogP contribution in [0, 0.1) is 0 Å². The largest absolute Gasteiger partial charge is 0.496 e. The van der Waals surface area contributed by atoms with Crippen molar-refractivity contribution >= 4 is 23.2 Å². The maximum absolute atomic E-state index is 11.9. The Morgan fingerprint density at radius 3 is 2.47 bits per heavy atom. The summed E-state index contributed by atoms with van der Waals surface area (Å²) in [4.78, 5) is 14.3. The topological polar surface area (TPSA) is 29.5 Å². The van der Waals surface area contributed by atoms with Crippen molar-refractivity contribution in [1.29, 1.82) is 0 Å². The summed E-state index contributed by atoms with van der Waals surface area (Å²) in [6, 6.07) is 5.83. The number of rotatable bonds is 3. The molecule has 0 N–H and O–H groups in total. The van der Waals surface area contributed by atoms with Gasteiger partial charge < -0.3 is 9.64 Å². The summed E-state index contributed by atoms with van der Waals surface area (Å²) >= 11 is 2.01. The van der Waals surface area contributed by atoms with Gasteiger partial charge in [-0.1, -0.05) is 19.9 Å². The molecule has 0 bridgehead atoms. The van der Waals surface area contributed by atoms with Gasteiger partial charge in [0.2, 0.25) is 0 Å². The van der Waals surface area contributed by atoms with Gasteiger partial charge in [0.05, 0.1) is 18.4 Å². The molecule has 2 rings (SSSR count). The fourth-order valence-corrected chi connectivity index (χ4v) is 4.01. The van der Waals surface area contributed by atoms with E-state index in [-0.39, 0.29) is 5.78 Å². The standard InChI is InChI=1S/C15H21NO2S/c1-10-8-16(9-11(2)19-10)13-6-5-7-14(18-4)15(13)12(3)17/h5-7,10-11H,8-9H2,1-4H3. The smallest absolute Gasteiger partial charge is 0.165 e. The number of methoxy groups -OCH3 is 1. The summed E-state index contributed by atoms with van der Waals surface area (Å²) in [5, 5.41) is 1.16. The minimum atomic E-state index is 0.0611. The van der Waals surface area contributed by atoms with Crippen molar-refractivity contribution in [3.05, 3.63) is 23.8 Å². The van der Waals surface area contributed by atoms with E-state index in [1.807, 2.05) is 30.0 Å². The molecule has 0 radical (unpaired) electrons. The van der Waals surface area contributed by atoms with Gasteiger partial charge in [-0.2, -0.15) is 11.8 Å². The highest BCUT2D eigenvalue weighted by molar-refractivity contribution is 8.00. The van der Waals surface area contributed by atoms with Crippen molar-refractivity contribution in [3.8, 4) is 5.75 Å². The Hall–Kier alpha value is -1.16. The SMILES string of the molecule is COc1cccc(N2CC(C)SC(C)C2)c1C(C)=O. The second-order valence-electron chi connectivity index (χ2n) is 5.07. The van der Waals surface area contributed by atoms with Crippen LogP contribution in [0.15, 0.2) is 18.2 Å². The van der Waals surface area contributed by atoms with Gasteiger partial charge in [0.1, 0.15) is 5.75 Å². The summed E-state index contributed by atoms with van der Waals surface area (Å²) in [5.41, 5.74) is 1.71. The van der Waals surface area contributed by atoms with Crippen LogP contribution < -0.4 is 9.64 Å². The van der Waals surface area contributed by atoms with E-state index in [2.05, 4.69) is 18.7 Å². The summed E-state index contributed by atoms with van der Waals surface area (Å²) in [7, 11) is 1.61. The van der Waals surface area contributed by atoms with Crippen LogP contribution in [0.3, 0.4) is 0 Å². The number of Topliss-reactive ketones (excluding diaryl/α,β-unsaturated/α-hetero) is 1. The molecule has 0 aliphatic carbocycles. The zero-order chi connectivity index (χ0) is 14.0. The van der Waals surface area contributed by atoms with E-state index in [0.717, 1.165) is 18.8 Å². The van der Waals surface area contributed by atoms with Crippen LogP contribution >= 0.6 is 11.8 Å². The Kier molecular flexibility index (Phi) is 4.40. The molecule has 0 aromatic heterocycles. The van der Waals surface area contributed by atoms with E-state index < -0.39 is 0 Å². The van der Waals surface area contributed by atoms with Gasteiger partial charge in [-0.25, -0.2) is 0 Å². The van der Waals surface area contributed by atoms with Crippen LogP contribution in [-0.2, 0) is 0 Å². The Balaban J connectivity index is 2.41. The van der Waals surface area contributed by atoms with Gasteiger partial charge in [0.15, 0.2) is 5.78 Å². The lowest BCUT2D eigenvalue weighted by Crippen LogP contribution is -2.41. The maximum Gasteiger partial charge on any atom is 0.165 e. The minimum Gasteiger partial charge on any atom is -0.496 e. The third-order valence-corrected chi connectivity index (χ3v) is 4.56. The number of benzene rings is 1. The molecule has 0 spiro atoms. The van der Waals surface area contributed by atoms with Gasteiger partial charge in [0.25, 0.3) is 0 Å². The number of hydrogen-bond donors (Lipinski definition) is 0. The molecule has 1 aromatic carbocycles. The lowest BCUT2D eigenvalue weighted by molar-refractivity contribution is 0.101. The van der Waals surface area contributed by atoms with Gasteiger partial charge in [-0.05, 0) is 19.1 Å². The van der Waals surface area contributed by atoms with Gasteiger partial charge in [-0.3, -0.25) is 4.79 Å². The Labute approximate surface area is 119 Å². The zero-order valence-electron chi connectivity index (χ0n) is 12.0. The fourth-order valence-electron chi connectivity index (χ4n) is 2.68. The molecule has 104 valence electrons. The van der Waals surface area contributed by atoms with E-state index in [1.54, 1.807) is 14.0 Å². The quantitative estimate of drug-likeness (QED) is 0.795. The molecular weight excluding hydrogens is 258 g/mol. The number of anilines is 1. The van der Waals surface area contributed by atoms with Crippen LogP contribution in [0.2, 0.25) is 0 Å². The molecule has 0 saturated carbocycles. The highest BCUT2D eigenvalue weighted by Gasteiger charge is 2.26. The number of thioether (sulfide) groups is 1. The first-order valence-corrected chi connectivity index (χ1v) is 7.55. The maximum atomic E-state index is 11.9. The molecule has 1 saturated heterocycles. The molecule has 2 unspecified atom stereocenters. The normalized spacial score (nSPS) is 23.3. The first-order valence-electron chi connectivity index (χ1n) is 6.61. The van der Waals surface area contributed by atoms with Crippen molar-refractivity contribution in [2.45, 2.75) is 31.3 Å². The van der Waals surface area contributed by atoms with Crippen molar-refractivity contribution in [2.75, 3.05) is 25.1 Å². The molecule has 1 aliphatic heterocycles. The molecule has 1 fully saturated rings. The summed E-state index contributed by atoms with van der Waals surface area (Å²) < 4.78 is 5.34. The lowest BCUT2D eigenvalue weighted by atomic mass is 10.1. The van der Waals surface area contributed by atoms with Gasteiger partial charge >= 0.3 is 0 Å². The third kappa shape index (κ3) is 3.06. The van der Waals surface area contributed by atoms with E-state index in [0.29, 0.717) is 21.8 Å². The highest BCUT2D eigenvalue weighted by Crippen LogP contribution is 2.34. The van der Waals surface area contributed by atoms with Crippen molar-refractivity contribution < 1.29 is 9.53 Å². The van der Waals surface area contributed by atoms with E-state index >= 15 is 0 Å².